The van der Waals surface area contributed by atoms with E-state index in [1.54, 1.807) is 0 Å². The van der Waals surface area contributed by atoms with E-state index in [1.165, 1.54) is 0 Å². The number of Topliss-reactive ketones (excluding diaryl/α,β-unsaturated/α-hetero) is 2. The van der Waals surface area contributed by atoms with E-state index in [-0.39, 0.29) is 17.5 Å². The lowest BCUT2D eigenvalue weighted by atomic mass is 9.91. The summed E-state index contributed by atoms with van der Waals surface area (Å²) < 4.78 is 0. The summed E-state index contributed by atoms with van der Waals surface area (Å²) in [6.45, 7) is 5.95. The van der Waals surface area contributed by atoms with Crippen molar-refractivity contribution in [3.8, 4) is 0 Å². The van der Waals surface area contributed by atoms with Gasteiger partial charge in [0.25, 0.3) is 0 Å². The van der Waals surface area contributed by atoms with E-state index in [2.05, 4.69) is 6.92 Å². The molecule has 0 aliphatic carbocycles. The molecule has 0 aliphatic heterocycles. The lowest BCUT2D eigenvalue weighted by Gasteiger charge is -2.11. The highest BCUT2D eigenvalue weighted by atomic mass is 16.1. The zero-order valence-electron chi connectivity index (χ0n) is 9.64. The second-order valence-corrected chi connectivity index (χ2v) is 3.75. The van der Waals surface area contributed by atoms with E-state index in [0.717, 1.165) is 19.3 Å². The molecule has 0 N–H and O–H groups in total. The molecule has 0 aromatic rings. The van der Waals surface area contributed by atoms with Gasteiger partial charge < -0.3 is 0 Å². The second kappa shape index (κ2) is 7.72. The summed E-state index contributed by atoms with van der Waals surface area (Å²) in [5.74, 6) is -0.0367. The molecule has 0 fully saturated rings. The molecule has 0 bridgehead atoms. The number of rotatable bonds is 8. The number of ketones is 2. The first-order valence-electron chi connectivity index (χ1n) is 5.72. The van der Waals surface area contributed by atoms with Crippen LogP contribution < -0.4 is 0 Å². The van der Waals surface area contributed by atoms with Gasteiger partial charge >= 0.3 is 0 Å². The zero-order valence-corrected chi connectivity index (χ0v) is 9.64. The maximum atomic E-state index is 11.6. The van der Waals surface area contributed by atoms with Crippen molar-refractivity contribution in [3.63, 3.8) is 0 Å². The van der Waals surface area contributed by atoms with Gasteiger partial charge in [-0.2, -0.15) is 0 Å². The number of carbonyl (C=O) groups excluding carboxylic acids is 2. The van der Waals surface area contributed by atoms with Gasteiger partial charge in [0.2, 0.25) is 0 Å². The summed E-state index contributed by atoms with van der Waals surface area (Å²) >= 11 is 0. The van der Waals surface area contributed by atoms with Crippen molar-refractivity contribution < 1.29 is 9.59 Å². The van der Waals surface area contributed by atoms with Gasteiger partial charge in [-0.05, 0) is 19.3 Å². The maximum Gasteiger partial charge on any atom is 0.143 e. The van der Waals surface area contributed by atoms with Crippen molar-refractivity contribution in [3.05, 3.63) is 0 Å². The molecule has 2 nitrogen and oxygen atoms in total. The standard InChI is InChI=1S/C12H22O2/c1-4-7-9-12(14)10(6-3)11(13)8-5-2/h10H,4-9H2,1-3H3. The predicted octanol–water partition coefficient (Wildman–Crippen LogP) is 3.14. The minimum atomic E-state index is -0.318. The average Bonchev–Trinajstić information content (AvgIpc) is 2.16. The van der Waals surface area contributed by atoms with Gasteiger partial charge in [0.05, 0.1) is 5.92 Å². The molecule has 1 atom stereocenters. The van der Waals surface area contributed by atoms with Crippen LogP contribution in [0.4, 0.5) is 0 Å². The lowest BCUT2D eigenvalue weighted by Crippen LogP contribution is -2.23. The molecule has 0 amide bonds. The first-order chi connectivity index (χ1) is 6.67. The minimum absolute atomic E-state index is 0.135. The van der Waals surface area contributed by atoms with Crippen LogP contribution in [0.25, 0.3) is 0 Å². The van der Waals surface area contributed by atoms with Gasteiger partial charge in [0, 0.05) is 12.8 Å². The van der Waals surface area contributed by atoms with Gasteiger partial charge in [0.15, 0.2) is 0 Å². The molecule has 0 aromatic heterocycles. The van der Waals surface area contributed by atoms with Crippen molar-refractivity contribution >= 4 is 11.6 Å². The summed E-state index contributed by atoms with van der Waals surface area (Å²) in [5.41, 5.74) is 0. The molecule has 0 heterocycles. The SMILES string of the molecule is CCCCC(=O)C(CC)C(=O)CCC. The third kappa shape index (κ3) is 4.54. The molecule has 0 spiro atoms. The van der Waals surface area contributed by atoms with Crippen molar-refractivity contribution in [2.75, 3.05) is 0 Å². The fourth-order valence-electron chi connectivity index (χ4n) is 1.58. The highest BCUT2D eigenvalue weighted by molar-refractivity contribution is 6.02. The molecule has 0 radical (unpaired) electrons. The quantitative estimate of drug-likeness (QED) is 0.561. The molecule has 1 unspecified atom stereocenters. The maximum absolute atomic E-state index is 11.6. The van der Waals surface area contributed by atoms with Gasteiger partial charge in [0.1, 0.15) is 11.6 Å². The Morgan fingerprint density at radius 1 is 0.929 bits per heavy atom. The Labute approximate surface area is 87.1 Å². The fraction of sp³-hybridized carbons (Fsp3) is 0.833. The van der Waals surface area contributed by atoms with Crippen LogP contribution in [0.2, 0.25) is 0 Å². The molecular weight excluding hydrogens is 176 g/mol. The van der Waals surface area contributed by atoms with Crippen LogP contribution in [0.1, 0.15) is 59.3 Å². The van der Waals surface area contributed by atoms with Crippen molar-refractivity contribution in [1.29, 1.82) is 0 Å². The van der Waals surface area contributed by atoms with E-state index >= 15 is 0 Å². The third-order valence-electron chi connectivity index (χ3n) is 2.46. The van der Waals surface area contributed by atoms with E-state index in [0.29, 0.717) is 19.3 Å². The first-order valence-corrected chi connectivity index (χ1v) is 5.72. The predicted molar refractivity (Wildman–Crippen MR) is 58.2 cm³/mol. The van der Waals surface area contributed by atoms with Crippen LogP contribution in [-0.4, -0.2) is 11.6 Å². The van der Waals surface area contributed by atoms with Crippen molar-refractivity contribution in [2.24, 2.45) is 5.92 Å². The topological polar surface area (TPSA) is 34.1 Å². The van der Waals surface area contributed by atoms with Gasteiger partial charge in [-0.15, -0.1) is 0 Å². The van der Waals surface area contributed by atoms with E-state index in [4.69, 9.17) is 0 Å². The molecular formula is C12H22O2. The Balaban J connectivity index is 4.10. The molecule has 0 aromatic carbocycles. The van der Waals surface area contributed by atoms with Gasteiger partial charge in [-0.25, -0.2) is 0 Å². The smallest absolute Gasteiger partial charge is 0.143 e. The molecule has 0 aliphatic rings. The third-order valence-corrected chi connectivity index (χ3v) is 2.46. The van der Waals surface area contributed by atoms with Crippen LogP contribution in [0.3, 0.4) is 0 Å². The molecule has 0 saturated heterocycles. The number of unbranched alkanes of at least 4 members (excludes halogenated alkanes) is 1. The lowest BCUT2D eigenvalue weighted by molar-refractivity contribution is -0.133. The summed E-state index contributed by atoms with van der Waals surface area (Å²) in [4.78, 5) is 23.2. The van der Waals surface area contributed by atoms with Gasteiger partial charge in [-0.1, -0.05) is 27.2 Å². The largest absolute Gasteiger partial charge is 0.299 e. The van der Waals surface area contributed by atoms with E-state index in [1.807, 2.05) is 13.8 Å². The minimum Gasteiger partial charge on any atom is -0.299 e. The molecule has 0 rings (SSSR count). The Morgan fingerprint density at radius 3 is 1.93 bits per heavy atom. The van der Waals surface area contributed by atoms with Crippen LogP contribution in [0.5, 0.6) is 0 Å². The molecule has 82 valence electrons. The van der Waals surface area contributed by atoms with E-state index < -0.39 is 0 Å². The molecule has 0 saturated carbocycles. The summed E-state index contributed by atoms with van der Waals surface area (Å²) in [6.07, 6.45) is 4.57. The summed E-state index contributed by atoms with van der Waals surface area (Å²) in [6, 6.07) is 0. The van der Waals surface area contributed by atoms with Crippen molar-refractivity contribution in [2.45, 2.75) is 59.3 Å². The van der Waals surface area contributed by atoms with Crippen LogP contribution >= 0.6 is 0 Å². The Morgan fingerprint density at radius 2 is 1.50 bits per heavy atom. The van der Waals surface area contributed by atoms with E-state index in [9.17, 15) is 9.59 Å². The highest BCUT2D eigenvalue weighted by Crippen LogP contribution is 2.13. The molecule has 14 heavy (non-hydrogen) atoms. The number of carbonyl (C=O) groups is 2. The monoisotopic (exact) mass is 198 g/mol. The van der Waals surface area contributed by atoms with Gasteiger partial charge in [-0.3, -0.25) is 9.59 Å². The zero-order chi connectivity index (χ0) is 11.0. The second-order valence-electron chi connectivity index (χ2n) is 3.75. The summed E-state index contributed by atoms with van der Waals surface area (Å²) in [7, 11) is 0. The van der Waals surface area contributed by atoms with Crippen LogP contribution in [0.15, 0.2) is 0 Å². The Bertz CT molecular complexity index is 185. The summed E-state index contributed by atoms with van der Waals surface area (Å²) in [5, 5.41) is 0. The average molecular weight is 198 g/mol. The van der Waals surface area contributed by atoms with Crippen LogP contribution in [0, 0.1) is 5.92 Å². The fourth-order valence-corrected chi connectivity index (χ4v) is 1.58. The van der Waals surface area contributed by atoms with Crippen molar-refractivity contribution in [1.82, 2.24) is 0 Å². The van der Waals surface area contributed by atoms with Crippen LogP contribution in [-0.2, 0) is 9.59 Å². The highest BCUT2D eigenvalue weighted by Gasteiger charge is 2.22. The Hall–Kier alpha value is -0.660. The Kier molecular flexibility index (Phi) is 7.35. The normalized spacial score (nSPS) is 12.5. The number of hydrogen-bond acceptors (Lipinski definition) is 2. The molecule has 2 heteroatoms. The first kappa shape index (κ1) is 13.3. The number of hydrogen-bond donors (Lipinski definition) is 0.